The summed E-state index contributed by atoms with van der Waals surface area (Å²) in [6.45, 7) is 2.03. The van der Waals surface area contributed by atoms with Crippen LogP contribution in [0.2, 0.25) is 10.0 Å². The molecule has 1 atom stereocenters. The van der Waals surface area contributed by atoms with E-state index in [-0.39, 0.29) is 6.04 Å². The van der Waals surface area contributed by atoms with E-state index in [1.165, 1.54) is 0 Å². The number of hydrogen-bond donors (Lipinski definition) is 1. The smallest absolute Gasteiger partial charge is 0.137 e. The molecule has 21 heavy (non-hydrogen) atoms. The van der Waals surface area contributed by atoms with Crippen LogP contribution in [0.4, 0.5) is 0 Å². The van der Waals surface area contributed by atoms with Crippen molar-refractivity contribution >= 4 is 34.2 Å². The first-order valence-corrected chi connectivity index (χ1v) is 7.49. The van der Waals surface area contributed by atoms with Gasteiger partial charge >= 0.3 is 0 Å². The molecule has 1 aromatic heterocycles. The second-order valence-electron chi connectivity index (χ2n) is 5.20. The third kappa shape index (κ3) is 2.93. The summed E-state index contributed by atoms with van der Waals surface area (Å²) in [5.41, 5.74) is 9.31. The summed E-state index contributed by atoms with van der Waals surface area (Å²) in [6.07, 6.45) is 0.649. The minimum atomic E-state index is -0.214. The Hall–Kier alpha value is -1.48. The molecule has 0 aliphatic rings. The Bertz CT molecular complexity index is 795. The van der Waals surface area contributed by atoms with E-state index < -0.39 is 0 Å². The lowest BCUT2D eigenvalue weighted by Crippen LogP contribution is -2.12. The van der Waals surface area contributed by atoms with Crippen LogP contribution in [0.3, 0.4) is 0 Å². The molecule has 108 valence electrons. The number of fused-ring (bicyclic) bond motifs is 1. The van der Waals surface area contributed by atoms with Crippen molar-refractivity contribution in [1.29, 1.82) is 0 Å². The van der Waals surface area contributed by atoms with Gasteiger partial charge in [0.2, 0.25) is 0 Å². The number of furan rings is 1. The average molecular weight is 320 g/mol. The van der Waals surface area contributed by atoms with Gasteiger partial charge in [-0.3, -0.25) is 0 Å². The van der Waals surface area contributed by atoms with Gasteiger partial charge in [-0.05, 0) is 42.7 Å². The van der Waals surface area contributed by atoms with E-state index in [9.17, 15) is 0 Å². The van der Waals surface area contributed by atoms with E-state index in [1.807, 2.05) is 43.3 Å². The van der Waals surface area contributed by atoms with Crippen LogP contribution in [0.5, 0.6) is 0 Å². The van der Waals surface area contributed by atoms with Gasteiger partial charge in [0, 0.05) is 5.39 Å². The second kappa shape index (κ2) is 5.72. The molecule has 1 heterocycles. The molecule has 2 nitrogen and oxygen atoms in total. The fourth-order valence-corrected chi connectivity index (χ4v) is 2.75. The topological polar surface area (TPSA) is 39.2 Å². The standard InChI is InChI=1S/C17H15Cl2NO/c1-10-3-2-4-12-9-16(21-17(10)12)15(20)8-11-5-6-13(18)14(19)7-11/h2-7,9,15H,8,20H2,1H3. The lowest BCUT2D eigenvalue weighted by molar-refractivity contribution is 0.493. The Morgan fingerprint density at radius 2 is 1.90 bits per heavy atom. The summed E-state index contributed by atoms with van der Waals surface area (Å²) in [6, 6.07) is 13.4. The van der Waals surface area contributed by atoms with Crippen LogP contribution in [-0.4, -0.2) is 0 Å². The van der Waals surface area contributed by atoms with E-state index in [1.54, 1.807) is 6.07 Å². The Kier molecular flexibility index (Phi) is 3.94. The van der Waals surface area contributed by atoms with Crippen LogP contribution in [0.25, 0.3) is 11.0 Å². The highest BCUT2D eigenvalue weighted by molar-refractivity contribution is 6.42. The van der Waals surface area contributed by atoms with Crippen molar-refractivity contribution in [3.63, 3.8) is 0 Å². The highest BCUT2D eigenvalue weighted by Crippen LogP contribution is 2.28. The maximum Gasteiger partial charge on any atom is 0.137 e. The number of nitrogens with two attached hydrogens (primary N) is 1. The zero-order valence-corrected chi connectivity index (χ0v) is 13.1. The van der Waals surface area contributed by atoms with Crippen LogP contribution >= 0.6 is 23.2 Å². The van der Waals surface area contributed by atoms with E-state index in [4.69, 9.17) is 33.4 Å². The first-order chi connectivity index (χ1) is 10.0. The second-order valence-corrected chi connectivity index (χ2v) is 6.02. The zero-order chi connectivity index (χ0) is 15.0. The quantitative estimate of drug-likeness (QED) is 0.712. The molecule has 0 spiro atoms. The molecule has 4 heteroatoms. The van der Waals surface area contributed by atoms with Gasteiger partial charge in [0.05, 0.1) is 16.1 Å². The fraction of sp³-hybridized carbons (Fsp3) is 0.176. The zero-order valence-electron chi connectivity index (χ0n) is 11.6. The number of halogens is 2. The molecule has 0 radical (unpaired) electrons. The van der Waals surface area contributed by atoms with Gasteiger partial charge in [-0.2, -0.15) is 0 Å². The van der Waals surface area contributed by atoms with E-state index in [2.05, 4.69) is 0 Å². The van der Waals surface area contributed by atoms with Crippen LogP contribution in [-0.2, 0) is 6.42 Å². The number of hydrogen-bond acceptors (Lipinski definition) is 2. The van der Waals surface area contributed by atoms with Gasteiger partial charge in [0.1, 0.15) is 11.3 Å². The molecule has 0 aliphatic heterocycles. The number of para-hydroxylation sites is 1. The Labute approximate surface area is 133 Å². The van der Waals surface area contributed by atoms with Crippen molar-refractivity contribution in [1.82, 2.24) is 0 Å². The molecule has 0 bridgehead atoms. The molecule has 0 amide bonds. The summed E-state index contributed by atoms with van der Waals surface area (Å²) in [5, 5.41) is 2.17. The molecule has 0 aliphatic carbocycles. The van der Waals surface area contributed by atoms with Crippen molar-refractivity contribution < 1.29 is 4.42 Å². The predicted molar refractivity (Wildman–Crippen MR) is 88.0 cm³/mol. The van der Waals surface area contributed by atoms with E-state index in [0.29, 0.717) is 16.5 Å². The van der Waals surface area contributed by atoms with Gasteiger partial charge in [0.25, 0.3) is 0 Å². The molecule has 3 aromatic rings. The van der Waals surface area contributed by atoms with Crippen molar-refractivity contribution in [3.05, 3.63) is 69.4 Å². The summed E-state index contributed by atoms with van der Waals surface area (Å²) in [4.78, 5) is 0. The first kappa shape index (κ1) is 14.5. The molecule has 2 N–H and O–H groups in total. The largest absolute Gasteiger partial charge is 0.459 e. The lowest BCUT2D eigenvalue weighted by Gasteiger charge is -2.09. The highest BCUT2D eigenvalue weighted by Gasteiger charge is 2.14. The lowest BCUT2D eigenvalue weighted by atomic mass is 10.0. The average Bonchev–Trinajstić information content (AvgIpc) is 2.89. The summed E-state index contributed by atoms with van der Waals surface area (Å²) >= 11 is 12.0. The molecule has 0 saturated heterocycles. The normalized spacial score (nSPS) is 12.8. The van der Waals surface area contributed by atoms with Gasteiger partial charge in [-0.1, -0.05) is 47.5 Å². The molecule has 0 saturated carbocycles. The van der Waals surface area contributed by atoms with Crippen LogP contribution < -0.4 is 5.73 Å². The highest BCUT2D eigenvalue weighted by atomic mass is 35.5. The van der Waals surface area contributed by atoms with E-state index in [0.717, 1.165) is 27.9 Å². The van der Waals surface area contributed by atoms with Crippen LogP contribution in [0, 0.1) is 6.92 Å². The van der Waals surface area contributed by atoms with Gasteiger partial charge in [0.15, 0.2) is 0 Å². The number of aryl methyl sites for hydroxylation is 1. The molecule has 3 rings (SSSR count). The molecule has 1 unspecified atom stereocenters. The van der Waals surface area contributed by atoms with Crippen molar-refractivity contribution in [3.8, 4) is 0 Å². The third-order valence-electron chi connectivity index (χ3n) is 3.57. The van der Waals surface area contributed by atoms with Gasteiger partial charge in [-0.15, -0.1) is 0 Å². The van der Waals surface area contributed by atoms with Crippen molar-refractivity contribution in [2.75, 3.05) is 0 Å². The predicted octanol–water partition coefficient (Wildman–Crippen LogP) is 5.29. The minimum Gasteiger partial charge on any atom is -0.459 e. The molecule has 2 aromatic carbocycles. The maximum absolute atomic E-state index is 6.26. The molecular formula is C17H15Cl2NO. The minimum absolute atomic E-state index is 0.214. The van der Waals surface area contributed by atoms with Crippen LogP contribution in [0.1, 0.15) is 22.9 Å². The fourth-order valence-electron chi connectivity index (χ4n) is 2.43. The maximum atomic E-state index is 6.26. The van der Waals surface area contributed by atoms with Gasteiger partial charge < -0.3 is 10.2 Å². The summed E-state index contributed by atoms with van der Waals surface area (Å²) in [7, 11) is 0. The third-order valence-corrected chi connectivity index (χ3v) is 4.30. The molecule has 0 fully saturated rings. The number of benzene rings is 2. The monoisotopic (exact) mass is 319 g/mol. The number of rotatable bonds is 3. The van der Waals surface area contributed by atoms with Crippen LogP contribution in [0.15, 0.2) is 46.9 Å². The molecular weight excluding hydrogens is 305 g/mol. The summed E-state index contributed by atoms with van der Waals surface area (Å²) in [5.74, 6) is 0.783. The Balaban J connectivity index is 1.87. The van der Waals surface area contributed by atoms with Crippen molar-refractivity contribution in [2.24, 2.45) is 5.73 Å². The Morgan fingerprint density at radius 1 is 1.10 bits per heavy atom. The Morgan fingerprint density at radius 3 is 2.62 bits per heavy atom. The van der Waals surface area contributed by atoms with Gasteiger partial charge in [-0.25, -0.2) is 0 Å². The van der Waals surface area contributed by atoms with Crippen molar-refractivity contribution in [2.45, 2.75) is 19.4 Å². The summed E-state index contributed by atoms with van der Waals surface area (Å²) < 4.78 is 5.90. The SMILES string of the molecule is Cc1cccc2cc(C(N)Cc3ccc(Cl)c(Cl)c3)oc12. The van der Waals surface area contributed by atoms with E-state index >= 15 is 0 Å². The first-order valence-electron chi connectivity index (χ1n) is 6.73.